The second-order valence-corrected chi connectivity index (χ2v) is 3.49. The number of hydrogen-bond donors (Lipinski definition) is 2. The highest BCUT2D eigenvalue weighted by atomic mass is 35.5. The molecule has 3 N–H and O–H groups in total. The lowest BCUT2D eigenvalue weighted by atomic mass is 10.2. The maximum absolute atomic E-state index is 5.96. The first-order valence-electron chi connectivity index (χ1n) is 3.79. The molecule has 2 heterocycles. The largest absolute Gasteiger partial charge is 0.382 e. The minimum atomic E-state index is 0.353. The molecule has 0 unspecified atom stereocenters. The maximum Gasteiger partial charge on any atom is 0.145 e. The standard InChI is InChI=1S/C8H6Cl2N4/c9-5-1-7(10)12-3-4(5)6-2-8(11)14-13-6/h1-3H,(H3,11,13,14). The van der Waals surface area contributed by atoms with Crippen LogP contribution in [0.15, 0.2) is 18.3 Å². The topological polar surface area (TPSA) is 67.6 Å². The van der Waals surface area contributed by atoms with E-state index < -0.39 is 0 Å². The van der Waals surface area contributed by atoms with Gasteiger partial charge in [-0.25, -0.2) is 4.98 Å². The van der Waals surface area contributed by atoms with E-state index in [1.54, 1.807) is 18.3 Å². The van der Waals surface area contributed by atoms with Crippen molar-refractivity contribution in [3.8, 4) is 11.3 Å². The quantitative estimate of drug-likeness (QED) is 0.737. The molecular formula is C8H6Cl2N4. The van der Waals surface area contributed by atoms with Gasteiger partial charge in [-0.3, -0.25) is 5.10 Å². The third kappa shape index (κ3) is 1.66. The Kier molecular flexibility index (Phi) is 2.31. The molecule has 6 heteroatoms. The van der Waals surface area contributed by atoms with Gasteiger partial charge in [0.15, 0.2) is 0 Å². The van der Waals surface area contributed by atoms with E-state index >= 15 is 0 Å². The predicted molar refractivity (Wildman–Crippen MR) is 56.3 cm³/mol. The van der Waals surface area contributed by atoms with Crippen LogP contribution in [0.4, 0.5) is 5.82 Å². The highest BCUT2D eigenvalue weighted by Gasteiger charge is 2.07. The SMILES string of the molecule is Nc1cc(-c2cnc(Cl)cc2Cl)[nH]n1. The van der Waals surface area contributed by atoms with Crippen LogP contribution >= 0.6 is 23.2 Å². The molecule has 0 aliphatic carbocycles. The van der Waals surface area contributed by atoms with Gasteiger partial charge in [-0.2, -0.15) is 5.10 Å². The van der Waals surface area contributed by atoms with E-state index in [1.165, 1.54) is 0 Å². The molecule has 0 radical (unpaired) electrons. The molecule has 0 fully saturated rings. The molecule has 0 aliphatic rings. The Labute approximate surface area is 90.1 Å². The average Bonchev–Trinajstić information content (AvgIpc) is 2.51. The number of halogens is 2. The van der Waals surface area contributed by atoms with Gasteiger partial charge in [0, 0.05) is 17.8 Å². The molecule has 0 saturated heterocycles. The lowest BCUT2D eigenvalue weighted by molar-refractivity contribution is 1.10. The zero-order valence-corrected chi connectivity index (χ0v) is 8.47. The van der Waals surface area contributed by atoms with Gasteiger partial charge in [-0.05, 0) is 6.07 Å². The van der Waals surface area contributed by atoms with Crippen molar-refractivity contribution in [3.63, 3.8) is 0 Å². The number of aromatic amines is 1. The number of hydrogen-bond acceptors (Lipinski definition) is 3. The summed E-state index contributed by atoms with van der Waals surface area (Å²) >= 11 is 11.6. The van der Waals surface area contributed by atoms with Crippen LogP contribution in [0.25, 0.3) is 11.3 Å². The third-order valence-electron chi connectivity index (χ3n) is 1.71. The van der Waals surface area contributed by atoms with Crippen molar-refractivity contribution in [2.75, 3.05) is 5.73 Å². The van der Waals surface area contributed by atoms with E-state index in [0.29, 0.717) is 16.0 Å². The Morgan fingerprint density at radius 1 is 1.29 bits per heavy atom. The molecule has 0 atom stereocenters. The first kappa shape index (κ1) is 9.30. The Morgan fingerprint density at radius 3 is 2.64 bits per heavy atom. The first-order chi connectivity index (χ1) is 6.66. The molecule has 2 aromatic heterocycles. The molecule has 0 aliphatic heterocycles. The number of nitrogens with zero attached hydrogens (tertiary/aromatic N) is 2. The third-order valence-corrected chi connectivity index (χ3v) is 2.23. The Balaban J connectivity index is 2.52. The van der Waals surface area contributed by atoms with Crippen molar-refractivity contribution in [1.82, 2.24) is 15.2 Å². The summed E-state index contributed by atoms with van der Waals surface area (Å²) in [5.74, 6) is 0.408. The summed E-state index contributed by atoms with van der Waals surface area (Å²) < 4.78 is 0. The lowest BCUT2D eigenvalue weighted by Gasteiger charge is -1.99. The summed E-state index contributed by atoms with van der Waals surface area (Å²) in [4.78, 5) is 3.92. The fourth-order valence-electron chi connectivity index (χ4n) is 1.08. The minimum Gasteiger partial charge on any atom is -0.382 e. The van der Waals surface area contributed by atoms with Crippen LogP contribution < -0.4 is 5.73 Å². The van der Waals surface area contributed by atoms with E-state index in [-0.39, 0.29) is 0 Å². The molecule has 4 nitrogen and oxygen atoms in total. The number of nitrogens with one attached hydrogen (secondary N) is 1. The second kappa shape index (κ2) is 3.48. The number of pyridine rings is 1. The van der Waals surface area contributed by atoms with E-state index in [0.717, 1.165) is 11.3 Å². The summed E-state index contributed by atoms with van der Waals surface area (Å²) in [7, 11) is 0. The van der Waals surface area contributed by atoms with Crippen LogP contribution in [0.1, 0.15) is 0 Å². The molecule has 14 heavy (non-hydrogen) atoms. The predicted octanol–water partition coefficient (Wildman–Crippen LogP) is 2.36. The van der Waals surface area contributed by atoms with Gasteiger partial charge in [-0.1, -0.05) is 23.2 Å². The average molecular weight is 229 g/mol. The fourth-order valence-corrected chi connectivity index (χ4v) is 1.55. The van der Waals surface area contributed by atoms with Gasteiger partial charge in [0.2, 0.25) is 0 Å². The second-order valence-electron chi connectivity index (χ2n) is 2.69. The van der Waals surface area contributed by atoms with Crippen LogP contribution in [-0.4, -0.2) is 15.2 Å². The van der Waals surface area contributed by atoms with Crippen LogP contribution in [0.2, 0.25) is 10.2 Å². The molecular weight excluding hydrogens is 223 g/mol. The van der Waals surface area contributed by atoms with Gasteiger partial charge in [0.25, 0.3) is 0 Å². The van der Waals surface area contributed by atoms with Crippen molar-refractivity contribution in [3.05, 3.63) is 28.5 Å². The van der Waals surface area contributed by atoms with Gasteiger partial charge in [-0.15, -0.1) is 0 Å². The van der Waals surface area contributed by atoms with Gasteiger partial charge in [0.05, 0.1) is 10.7 Å². The summed E-state index contributed by atoms with van der Waals surface area (Å²) in [5.41, 5.74) is 6.91. The molecule has 0 amide bonds. The van der Waals surface area contributed by atoms with E-state index in [2.05, 4.69) is 15.2 Å². The highest BCUT2D eigenvalue weighted by molar-refractivity contribution is 6.35. The fraction of sp³-hybridized carbons (Fsp3) is 0. The number of H-pyrrole nitrogens is 1. The summed E-state index contributed by atoms with van der Waals surface area (Å²) in [6, 6.07) is 3.24. The van der Waals surface area contributed by atoms with Crippen LogP contribution in [-0.2, 0) is 0 Å². The highest BCUT2D eigenvalue weighted by Crippen LogP contribution is 2.27. The minimum absolute atomic E-state index is 0.353. The van der Waals surface area contributed by atoms with E-state index in [4.69, 9.17) is 28.9 Å². The van der Waals surface area contributed by atoms with E-state index in [9.17, 15) is 0 Å². The zero-order chi connectivity index (χ0) is 10.1. The van der Waals surface area contributed by atoms with Gasteiger partial charge >= 0.3 is 0 Å². The molecule has 0 spiro atoms. The summed E-state index contributed by atoms with van der Waals surface area (Å²) in [6.45, 7) is 0. The molecule has 2 aromatic rings. The molecule has 72 valence electrons. The molecule has 2 rings (SSSR count). The van der Waals surface area contributed by atoms with Crippen molar-refractivity contribution in [2.24, 2.45) is 0 Å². The smallest absolute Gasteiger partial charge is 0.145 e. The van der Waals surface area contributed by atoms with E-state index in [1.807, 2.05) is 0 Å². The van der Waals surface area contributed by atoms with Crippen LogP contribution in [0.3, 0.4) is 0 Å². The van der Waals surface area contributed by atoms with Crippen molar-refractivity contribution in [1.29, 1.82) is 0 Å². The van der Waals surface area contributed by atoms with Crippen molar-refractivity contribution < 1.29 is 0 Å². The maximum atomic E-state index is 5.96. The lowest BCUT2D eigenvalue weighted by Crippen LogP contribution is -1.83. The van der Waals surface area contributed by atoms with Gasteiger partial charge in [0.1, 0.15) is 11.0 Å². The van der Waals surface area contributed by atoms with Crippen molar-refractivity contribution >= 4 is 29.0 Å². The molecule has 0 bridgehead atoms. The number of nitrogen functional groups attached to an aromatic ring is 1. The Bertz CT molecular complexity index is 466. The summed E-state index contributed by atoms with van der Waals surface area (Å²) in [5, 5.41) is 7.39. The Hall–Kier alpha value is -1.26. The normalized spacial score (nSPS) is 10.4. The molecule has 0 saturated carbocycles. The number of aromatic nitrogens is 3. The zero-order valence-electron chi connectivity index (χ0n) is 6.96. The van der Waals surface area contributed by atoms with Crippen LogP contribution in [0.5, 0.6) is 0 Å². The monoisotopic (exact) mass is 228 g/mol. The molecule has 0 aromatic carbocycles. The summed E-state index contributed by atoms with van der Waals surface area (Å²) in [6.07, 6.45) is 1.57. The van der Waals surface area contributed by atoms with Gasteiger partial charge < -0.3 is 5.73 Å². The van der Waals surface area contributed by atoms with Crippen LogP contribution in [0, 0.1) is 0 Å². The Morgan fingerprint density at radius 2 is 2.07 bits per heavy atom. The first-order valence-corrected chi connectivity index (χ1v) is 4.54. The number of anilines is 1. The number of rotatable bonds is 1. The number of nitrogens with two attached hydrogens (primary N) is 1. The van der Waals surface area contributed by atoms with Crippen molar-refractivity contribution in [2.45, 2.75) is 0 Å².